The van der Waals surface area contributed by atoms with E-state index in [1.165, 1.54) is 0 Å². The van der Waals surface area contributed by atoms with E-state index in [9.17, 15) is 4.79 Å². The van der Waals surface area contributed by atoms with Gasteiger partial charge in [-0.25, -0.2) is 0 Å². The molecule has 0 spiro atoms. The number of carbonyl (C=O) groups is 1. The van der Waals surface area contributed by atoms with Crippen LogP contribution in [0.15, 0.2) is 6.07 Å². The lowest BCUT2D eigenvalue weighted by molar-refractivity contribution is -0.139. The van der Waals surface area contributed by atoms with Gasteiger partial charge in [0, 0.05) is 25.2 Å². The first-order chi connectivity index (χ1) is 10.1. The van der Waals surface area contributed by atoms with Crippen LogP contribution in [0.5, 0.6) is 0 Å². The average Bonchev–Trinajstić information content (AvgIpc) is 2.77. The van der Waals surface area contributed by atoms with Gasteiger partial charge >= 0.3 is 0 Å². The van der Waals surface area contributed by atoms with Gasteiger partial charge in [0.25, 0.3) is 0 Å². The molecular weight excluding hydrogens is 268 g/mol. The van der Waals surface area contributed by atoms with Crippen LogP contribution < -0.4 is 5.32 Å². The highest BCUT2D eigenvalue weighted by Crippen LogP contribution is 2.11. The minimum atomic E-state index is 0.0324. The molecular formula is C15H26N4O2. The molecule has 0 aliphatic carbocycles. The third kappa shape index (κ3) is 4.54. The van der Waals surface area contributed by atoms with Gasteiger partial charge in [-0.05, 0) is 39.9 Å². The van der Waals surface area contributed by atoms with Crippen molar-refractivity contribution in [2.45, 2.75) is 39.3 Å². The fourth-order valence-corrected chi connectivity index (χ4v) is 2.68. The number of aromatic nitrogens is 2. The molecule has 1 unspecified atom stereocenters. The Morgan fingerprint density at radius 1 is 1.52 bits per heavy atom. The van der Waals surface area contributed by atoms with Crippen LogP contribution in [0.4, 0.5) is 0 Å². The third-order valence-electron chi connectivity index (χ3n) is 3.79. The van der Waals surface area contributed by atoms with Crippen LogP contribution in [-0.4, -0.2) is 60.0 Å². The topological polar surface area (TPSA) is 59.4 Å². The van der Waals surface area contributed by atoms with Gasteiger partial charge in [-0.2, -0.15) is 5.10 Å². The normalized spacial score (nSPS) is 19.0. The number of nitrogens with one attached hydrogen (secondary N) is 1. The van der Waals surface area contributed by atoms with Gasteiger partial charge in [0.05, 0.1) is 24.9 Å². The highest BCUT2D eigenvalue weighted by molar-refractivity contribution is 5.76. The SMILES string of the molecule is CNCCCC(=O)N1CCOC(Cn2nc(C)cc2C)C1. The van der Waals surface area contributed by atoms with Gasteiger partial charge in [-0.3, -0.25) is 9.48 Å². The number of amides is 1. The lowest BCUT2D eigenvalue weighted by Gasteiger charge is -2.33. The first-order valence-corrected chi connectivity index (χ1v) is 7.65. The van der Waals surface area contributed by atoms with Gasteiger partial charge in [-0.1, -0.05) is 0 Å². The van der Waals surface area contributed by atoms with E-state index >= 15 is 0 Å². The maximum Gasteiger partial charge on any atom is 0.222 e. The maximum atomic E-state index is 12.2. The van der Waals surface area contributed by atoms with Crippen LogP contribution in [0.1, 0.15) is 24.2 Å². The third-order valence-corrected chi connectivity index (χ3v) is 3.79. The molecule has 2 rings (SSSR count). The van der Waals surface area contributed by atoms with Crippen molar-refractivity contribution in [3.05, 3.63) is 17.5 Å². The Morgan fingerprint density at radius 2 is 2.33 bits per heavy atom. The lowest BCUT2D eigenvalue weighted by Crippen LogP contribution is -2.47. The van der Waals surface area contributed by atoms with E-state index < -0.39 is 0 Å². The number of aryl methyl sites for hydroxylation is 2. The van der Waals surface area contributed by atoms with E-state index in [4.69, 9.17) is 4.74 Å². The summed E-state index contributed by atoms with van der Waals surface area (Å²) in [7, 11) is 1.91. The summed E-state index contributed by atoms with van der Waals surface area (Å²) in [4.78, 5) is 14.1. The number of hydrogen-bond acceptors (Lipinski definition) is 4. The van der Waals surface area contributed by atoms with E-state index in [2.05, 4.69) is 16.5 Å². The van der Waals surface area contributed by atoms with Crippen LogP contribution in [0.2, 0.25) is 0 Å². The first kappa shape index (κ1) is 16.0. The first-order valence-electron chi connectivity index (χ1n) is 7.65. The zero-order valence-electron chi connectivity index (χ0n) is 13.3. The lowest BCUT2D eigenvalue weighted by atomic mass is 10.2. The zero-order valence-corrected chi connectivity index (χ0v) is 13.3. The van der Waals surface area contributed by atoms with Crippen molar-refractivity contribution >= 4 is 5.91 Å². The van der Waals surface area contributed by atoms with Gasteiger partial charge in [0.15, 0.2) is 0 Å². The highest BCUT2D eigenvalue weighted by Gasteiger charge is 2.24. The van der Waals surface area contributed by atoms with E-state index in [-0.39, 0.29) is 12.0 Å². The standard InChI is InChI=1S/C15H26N4O2/c1-12-9-13(2)19(17-12)11-14-10-18(7-8-21-14)15(20)5-4-6-16-3/h9,14,16H,4-8,10-11H2,1-3H3. The summed E-state index contributed by atoms with van der Waals surface area (Å²) in [6.45, 7) is 7.60. The molecule has 6 nitrogen and oxygen atoms in total. The van der Waals surface area contributed by atoms with E-state index in [0.29, 0.717) is 32.7 Å². The van der Waals surface area contributed by atoms with Crippen molar-refractivity contribution in [1.82, 2.24) is 20.0 Å². The summed E-state index contributed by atoms with van der Waals surface area (Å²) in [6, 6.07) is 2.06. The summed E-state index contributed by atoms with van der Waals surface area (Å²) in [5, 5.41) is 7.53. The number of ether oxygens (including phenoxy) is 1. The highest BCUT2D eigenvalue weighted by atomic mass is 16.5. The number of hydrogen-bond donors (Lipinski definition) is 1. The zero-order chi connectivity index (χ0) is 15.2. The number of carbonyl (C=O) groups excluding carboxylic acids is 1. The fraction of sp³-hybridized carbons (Fsp3) is 0.733. The molecule has 1 atom stereocenters. The van der Waals surface area contributed by atoms with Crippen LogP contribution in [0, 0.1) is 13.8 Å². The Hall–Kier alpha value is -1.40. The number of rotatable bonds is 6. The van der Waals surface area contributed by atoms with E-state index in [0.717, 1.165) is 24.4 Å². The molecule has 6 heteroatoms. The molecule has 1 fully saturated rings. The Morgan fingerprint density at radius 3 is 3.00 bits per heavy atom. The van der Waals surface area contributed by atoms with Crippen molar-refractivity contribution in [1.29, 1.82) is 0 Å². The van der Waals surface area contributed by atoms with Gasteiger partial charge in [-0.15, -0.1) is 0 Å². The van der Waals surface area contributed by atoms with E-state index in [1.807, 2.05) is 30.5 Å². The second-order valence-corrected chi connectivity index (χ2v) is 5.65. The average molecular weight is 294 g/mol. The van der Waals surface area contributed by atoms with Crippen LogP contribution >= 0.6 is 0 Å². The summed E-state index contributed by atoms with van der Waals surface area (Å²) in [6.07, 6.45) is 1.52. The van der Waals surface area contributed by atoms with Crippen molar-refractivity contribution < 1.29 is 9.53 Å². The van der Waals surface area contributed by atoms with Crippen molar-refractivity contribution in [3.8, 4) is 0 Å². The van der Waals surface area contributed by atoms with Gasteiger partial charge in [0.2, 0.25) is 5.91 Å². The molecule has 1 amide bonds. The Bertz CT molecular complexity index is 472. The van der Waals surface area contributed by atoms with Gasteiger partial charge < -0.3 is 15.0 Å². The quantitative estimate of drug-likeness (QED) is 0.786. The fourth-order valence-electron chi connectivity index (χ4n) is 2.68. The molecule has 1 N–H and O–H groups in total. The minimum absolute atomic E-state index is 0.0324. The largest absolute Gasteiger partial charge is 0.373 e. The summed E-state index contributed by atoms with van der Waals surface area (Å²) >= 11 is 0. The molecule has 1 aromatic rings. The molecule has 21 heavy (non-hydrogen) atoms. The molecule has 1 saturated heterocycles. The molecule has 1 aliphatic heterocycles. The van der Waals surface area contributed by atoms with Crippen LogP contribution in [0.3, 0.4) is 0 Å². The molecule has 0 aromatic carbocycles. The summed E-state index contributed by atoms with van der Waals surface area (Å²) in [5.74, 6) is 0.229. The monoisotopic (exact) mass is 294 g/mol. The van der Waals surface area contributed by atoms with Crippen molar-refractivity contribution in [3.63, 3.8) is 0 Å². The molecule has 1 aromatic heterocycles. The smallest absolute Gasteiger partial charge is 0.222 e. The van der Waals surface area contributed by atoms with Crippen LogP contribution in [-0.2, 0) is 16.1 Å². The van der Waals surface area contributed by atoms with Crippen molar-refractivity contribution in [2.75, 3.05) is 33.3 Å². The number of nitrogens with zero attached hydrogens (tertiary/aromatic N) is 3. The molecule has 2 heterocycles. The summed E-state index contributed by atoms with van der Waals surface area (Å²) < 4.78 is 7.75. The predicted octanol–water partition coefficient (Wildman–Crippen LogP) is 0.727. The Balaban J connectivity index is 1.85. The molecule has 0 radical (unpaired) electrons. The number of morpholine rings is 1. The summed E-state index contributed by atoms with van der Waals surface area (Å²) in [5.41, 5.74) is 2.15. The second kappa shape index (κ2) is 7.56. The molecule has 0 saturated carbocycles. The van der Waals surface area contributed by atoms with Crippen LogP contribution in [0.25, 0.3) is 0 Å². The van der Waals surface area contributed by atoms with Gasteiger partial charge in [0.1, 0.15) is 0 Å². The van der Waals surface area contributed by atoms with Crippen molar-refractivity contribution in [2.24, 2.45) is 0 Å². The minimum Gasteiger partial charge on any atom is -0.373 e. The Kier molecular flexibility index (Phi) is 5.76. The van der Waals surface area contributed by atoms with E-state index in [1.54, 1.807) is 0 Å². The molecule has 118 valence electrons. The molecule has 0 bridgehead atoms. The Labute approximate surface area is 126 Å². The molecule has 1 aliphatic rings. The second-order valence-electron chi connectivity index (χ2n) is 5.65. The predicted molar refractivity (Wildman–Crippen MR) is 81.2 cm³/mol. The maximum absolute atomic E-state index is 12.2.